The van der Waals surface area contributed by atoms with Crippen molar-refractivity contribution in [2.45, 2.75) is 42.2 Å². The number of nitrogens with one attached hydrogen (secondary N) is 1. The molecule has 0 aliphatic heterocycles. The maximum Gasteiger partial charge on any atom is 0.255 e. The molecule has 0 heterocycles. The Kier molecular flexibility index (Phi) is 6.43. The SMILES string of the molecule is N#CCC1CC2CCC(C1)C2S(=O)(=O)c1cc(C(=O)Nc2cc(F)c(F)c(F)c2)ccc1Cl. The van der Waals surface area contributed by atoms with Crippen molar-refractivity contribution < 1.29 is 26.4 Å². The van der Waals surface area contributed by atoms with Crippen molar-refractivity contribution in [1.29, 1.82) is 5.26 Å². The summed E-state index contributed by atoms with van der Waals surface area (Å²) in [7, 11) is -3.88. The van der Waals surface area contributed by atoms with E-state index in [4.69, 9.17) is 16.9 Å². The number of hydrogen-bond acceptors (Lipinski definition) is 4. The fourth-order valence-electron chi connectivity index (χ4n) is 5.24. The molecule has 2 aliphatic rings. The van der Waals surface area contributed by atoms with Crippen molar-refractivity contribution in [3.05, 3.63) is 58.4 Å². The fourth-order valence-corrected chi connectivity index (χ4v) is 8.11. The van der Waals surface area contributed by atoms with E-state index in [1.807, 2.05) is 0 Å². The number of sulfone groups is 1. The molecule has 2 aliphatic carbocycles. The van der Waals surface area contributed by atoms with Crippen molar-refractivity contribution in [3.63, 3.8) is 0 Å². The van der Waals surface area contributed by atoms with Crippen LogP contribution in [0.15, 0.2) is 35.2 Å². The summed E-state index contributed by atoms with van der Waals surface area (Å²) in [5.41, 5.74) is -0.391. The molecule has 0 radical (unpaired) electrons. The third-order valence-corrected chi connectivity index (χ3v) is 9.47. The topological polar surface area (TPSA) is 87.0 Å². The van der Waals surface area contributed by atoms with Gasteiger partial charge in [-0.25, -0.2) is 21.6 Å². The summed E-state index contributed by atoms with van der Waals surface area (Å²) in [6.07, 6.45) is 3.24. The molecule has 10 heteroatoms. The fraction of sp³-hybridized carbons (Fsp3) is 0.391. The molecule has 2 aromatic carbocycles. The summed E-state index contributed by atoms with van der Waals surface area (Å²) in [6, 6.07) is 7.16. The normalized spacial score (nSPS) is 24.3. The molecule has 1 N–H and O–H groups in total. The second-order valence-electron chi connectivity index (χ2n) is 8.66. The Morgan fingerprint density at radius 3 is 2.27 bits per heavy atom. The second-order valence-corrected chi connectivity index (χ2v) is 11.1. The third kappa shape index (κ3) is 4.46. The van der Waals surface area contributed by atoms with Gasteiger partial charge in [-0.1, -0.05) is 11.6 Å². The Morgan fingerprint density at radius 1 is 1.09 bits per heavy atom. The van der Waals surface area contributed by atoms with Crippen LogP contribution in [0.3, 0.4) is 0 Å². The van der Waals surface area contributed by atoms with E-state index >= 15 is 0 Å². The van der Waals surface area contributed by atoms with E-state index in [-0.39, 0.29) is 38.9 Å². The molecule has 33 heavy (non-hydrogen) atoms. The van der Waals surface area contributed by atoms with Crippen molar-refractivity contribution in [3.8, 4) is 6.07 Å². The molecule has 1 amide bonds. The minimum absolute atomic E-state index is 0.0241. The lowest BCUT2D eigenvalue weighted by atomic mass is 9.79. The number of fused-ring (bicyclic) bond motifs is 2. The van der Waals surface area contributed by atoms with Crippen LogP contribution in [0.5, 0.6) is 0 Å². The van der Waals surface area contributed by atoms with Crippen LogP contribution in [-0.2, 0) is 9.84 Å². The van der Waals surface area contributed by atoms with Gasteiger partial charge in [0.1, 0.15) is 0 Å². The van der Waals surface area contributed by atoms with Crippen LogP contribution < -0.4 is 5.32 Å². The van der Waals surface area contributed by atoms with E-state index in [9.17, 15) is 26.4 Å². The van der Waals surface area contributed by atoms with E-state index in [0.717, 1.165) is 18.9 Å². The van der Waals surface area contributed by atoms with Gasteiger partial charge in [-0.05, 0) is 61.6 Å². The molecule has 4 rings (SSSR count). The Bertz CT molecular complexity index is 1230. The molecule has 0 aromatic heterocycles. The van der Waals surface area contributed by atoms with Gasteiger partial charge in [0.25, 0.3) is 5.91 Å². The van der Waals surface area contributed by atoms with E-state index < -0.39 is 38.4 Å². The molecule has 2 unspecified atom stereocenters. The molecule has 0 spiro atoms. The average molecular weight is 497 g/mol. The lowest BCUT2D eigenvalue weighted by Gasteiger charge is -2.34. The van der Waals surface area contributed by atoms with Crippen LogP contribution in [0.1, 0.15) is 42.5 Å². The molecule has 2 saturated carbocycles. The Labute approximate surface area is 194 Å². The molecule has 0 saturated heterocycles. The molecule has 2 bridgehead atoms. The highest BCUT2D eigenvalue weighted by Gasteiger charge is 2.49. The highest BCUT2D eigenvalue weighted by Crippen LogP contribution is 2.50. The lowest BCUT2D eigenvalue weighted by molar-refractivity contribution is 0.102. The van der Waals surface area contributed by atoms with Crippen LogP contribution in [0, 0.1) is 46.5 Å². The number of nitriles is 1. The highest BCUT2D eigenvalue weighted by molar-refractivity contribution is 7.92. The number of halogens is 4. The van der Waals surface area contributed by atoms with Gasteiger partial charge in [0.15, 0.2) is 27.3 Å². The standard InChI is InChI=1S/C23H20ClF3N2O3S/c24-17-4-3-15(23(30)29-16-10-18(25)21(27)19(26)11-16)9-20(17)33(31,32)22-13-1-2-14(22)8-12(7-13)5-6-28/h3-4,9-14,22H,1-2,5,7-8H2,(H,29,30). The van der Waals surface area contributed by atoms with Crippen LogP contribution in [0.25, 0.3) is 0 Å². The van der Waals surface area contributed by atoms with E-state index in [1.165, 1.54) is 12.1 Å². The predicted molar refractivity (Wildman–Crippen MR) is 116 cm³/mol. The van der Waals surface area contributed by atoms with Gasteiger partial charge >= 0.3 is 0 Å². The average Bonchev–Trinajstić information content (AvgIpc) is 3.04. The quantitative estimate of drug-likeness (QED) is 0.553. The first kappa shape index (κ1) is 23.6. The maximum atomic E-state index is 13.6. The molecule has 2 atom stereocenters. The third-order valence-electron chi connectivity index (χ3n) is 6.59. The molecular formula is C23H20ClF3N2O3S. The summed E-state index contributed by atoms with van der Waals surface area (Å²) >= 11 is 6.22. The minimum Gasteiger partial charge on any atom is -0.322 e. The number of nitrogens with zero attached hydrogens (tertiary/aromatic N) is 1. The molecule has 2 aromatic rings. The maximum absolute atomic E-state index is 13.6. The number of rotatable bonds is 5. The van der Waals surface area contributed by atoms with Crippen molar-refractivity contribution >= 4 is 33.0 Å². The van der Waals surface area contributed by atoms with Crippen LogP contribution in [0.4, 0.5) is 18.9 Å². The second kappa shape index (κ2) is 8.99. The van der Waals surface area contributed by atoms with Gasteiger partial charge in [0.05, 0.1) is 21.2 Å². The number of amides is 1. The minimum atomic E-state index is -3.88. The lowest BCUT2D eigenvalue weighted by Crippen LogP contribution is -2.37. The largest absolute Gasteiger partial charge is 0.322 e. The Balaban J connectivity index is 1.61. The summed E-state index contributed by atoms with van der Waals surface area (Å²) in [6.45, 7) is 0. The van der Waals surface area contributed by atoms with E-state index in [1.54, 1.807) is 0 Å². The monoisotopic (exact) mass is 496 g/mol. The molecule has 2 fully saturated rings. The summed E-state index contributed by atoms with van der Waals surface area (Å²) in [5, 5.41) is 10.6. The highest BCUT2D eigenvalue weighted by atomic mass is 35.5. The number of hydrogen-bond donors (Lipinski definition) is 1. The van der Waals surface area contributed by atoms with Crippen molar-refractivity contribution in [1.82, 2.24) is 0 Å². The first-order chi connectivity index (χ1) is 15.6. The van der Waals surface area contributed by atoms with Gasteiger partial charge in [-0.15, -0.1) is 0 Å². The smallest absolute Gasteiger partial charge is 0.255 e. The van der Waals surface area contributed by atoms with Crippen LogP contribution >= 0.6 is 11.6 Å². The van der Waals surface area contributed by atoms with Crippen LogP contribution in [-0.4, -0.2) is 19.6 Å². The molecule has 174 valence electrons. The van der Waals surface area contributed by atoms with Gasteiger partial charge in [0, 0.05) is 29.8 Å². The zero-order valence-corrected chi connectivity index (χ0v) is 18.9. The Morgan fingerprint density at radius 2 is 1.70 bits per heavy atom. The molecule has 5 nitrogen and oxygen atoms in total. The first-order valence-electron chi connectivity index (χ1n) is 10.5. The Hall–Kier alpha value is -2.57. The number of anilines is 1. The van der Waals surface area contributed by atoms with Crippen molar-refractivity contribution in [2.75, 3.05) is 5.32 Å². The molecular weight excluding hydrogens is 477 g/mol. The summed E-state index contributed by atoms with van der Waals surface area (Å²) < 4.78 is 67.2. The summed E-state index contributed by atoms with van der Waals surface area (Å²) in [4.78, 5) is 12.5. The van der Waals surface area contributed by atoms with Gasteiger partial charge in [-0.2, -0.15) is 5.26 Å². The predicted octanol–water partition coefficient (Wildman–Crippen LogP) is 5.50. The number of benzene rings is 2. The van der Waals surface area contributed by atoms with Gasteiger partial charge in [-0.3, -0.25) is 4.79 Å². The first-order valence-corrected chi connectivity index (χ1v) is 12.4. The van der Waals surface area contributed by atoms with Crippen LogP contribution in [0.2, 0.25) is 5.02 Å². The van der Waals surface area contributed by atoms with E-state index in [0.29, 0.717) is 31.4 Å². The number of carbonyl (C=O) groups is 1. The van der Waals surface area contributed by atoms with Gasteiger partial charge < -0.3 is 5.32 Å². The van der Waals surface area contributed by atoms with Gasteiger partial charge in [0.2, 0.25) is 0 Å². The number of carbonyl (C=O) groups excluding carboxylic acids is 1. The zero-order valence-electron chi connectivity index (χ0n) is 17.3. The van der Waals surface area contributed by atoms with E-state index in [2.05, 4.69) is 11.4 Å². The zero-order chi connectivity index (χ0) is 23.9. The van der Waals surface area contributed by atoms with Crippen molar-refractivity contribution in [2.24, 2.45) is 17.8 Å². The summed E-state index contributed by atoms with van der Waals surface area (Å²) in [5.74, 6) is -5.39.